The fourth-order valence-electron chi connectivity index (χ4n) is 2.97. The van der Waals surface area contributed by atoms with Crippen molar-refractivity contribution in [3.05, 3.63) is 95.1 Å². The predicted molar refractivity (Wildman–Crippen MR) is 102 cm³/mol. The van der Waals surface area contributed by atoms with Gasteiger partial charge in [0.25, 0.3) is 0 Å². The Morgan fingerprint density at radius 1 is 0.792 bits per heavy atom. The number of benzene rings is 3. The van der Waals surface area contributed by atoms with Crippen molar-refractivity contribution in [1.82, 2.24) is 0 Å². The summed E-state index contributed by atoms with van der Waals surface area (Å²) in [5.41, 5.74) is 6.18. The molecule has 0 fully saturated rings. The van der Waals surface area contributed by atoms with Crippen LogP contribution in [0.15, 0.2) is 72.8 Å². The Morgan fingerprint density at radius 3 is 2.04 bits per heavy atom. The van der Waals surface area contributed by atoms with Crippen LogP contribution in [0, 0.1) is 6.92 Å². The van der Waals surface area contributed by atoms with Gasteiger partial charge in [-0.2, -0.15) is 0 Å². The average molecular weight is 312 g/mol. The Morgan fingerprint density at radius 2 is 1.42 bits per heavy atom. The Kier molecular flexibility index (Phi) is 4.72. The number of Topliss-reactive ketones (excluding diaryl/α,β-unsaturated/α-hetero) is 1. The summed E-state index contributed by atoms with van der Waals surface area (Å²) in [6.45, 7) is 3.63. The molecule has 24 heavy (non-hydrogen) atoms. The van der Waals surface area contributed by atoms with Crippen LogP contribution in [-0.2, 0) is 0 Å². The quantitative estimate of drug-likeness (QED) is 0.424. The molecule has 0 bridgehead atoms. The van der Waals surface area contributed by atoms with Crippen LogP contribution >= 0.6 is 0 Å². The maximum atomic E-state index is 12.1. The SMILES string of the molecule is CC(=O)c1c(C)cc(-c2ccccc2)cc1/C=C/c1ccccc1. The van der Waals surface area contributed by atoms with Crippen LogP contribution in [0.25, 0.3) is 23.3 Å². The minimum atomic E-state index is 0.0971. The van der Waals surface area contributed by atoms with Crippen molar-refractivity contribution in [3.63, 3.8) is 0 Å². The predicted octanol–water partition coefficient (Wildman–Crippen LogP) is 6.04. The van der Waals surface area contributed by atoms with Gasteiger partial charge in [0, 0.05) is 5.56 Å². The fraction of sp³-hybridized carbons (Fsp3) is 0.0870. The molecule has 3 aromatic rings. The van der Waals surface area contributed by atoms with Crippen molar-refractivity contribution in [1.29, 1.82) is 0 Å². The lowest BCUT2D eigenvalue weighted by Crippen LogP contribution is -2.00. The van der Waals surface area contributed by atoms with E-state index in [-0.39, 0.29) is 5.78 Å². The largest absolute Gasteiger partial charge is 0.294 e. The smallest absolute Gasteiger partial charge is 0.160 e. The second-order valence-electron chi connectivity index (χ2n) is 5.92. The van der Waals surface area contributed by atoms with E-state index in [0.29, 0.717) is 0 Å². The van der Waals surface area contributed by atoms with E-state index >= 15 is 0 Å². The minimum absolute atomic E-state index is 0.0971. The molecule has 1 heteroatoms. The van der Waals surface area contributed by atoms with Crippen LogP contribution in [-0.4, -0.2) is 5.78 Å². The second kappa shape index (κ2) is 7.10. The van der Waals surface area contributed by atoms with E-state index in [1.807, 2.05) is 49.4 Å². The van der Waals surface area contributed by atoms with Crippen molar-refractivity contribution >= 4 is 17.9 Å². The van der Waals surface area contributed by atoms with Gasteiger partial charge < -0.3 is 0 Å². The maximum absolute atomic E-state index is 12.1. The van der Waals surface area contributed by atoms with E-state index in [2.05, 4.69) is 42.5 Å². The lowest BCUT2D eigenvalue weighted by Gasteiger charge is -2.11. The molecule has 0 unspecified atom stereocenters. The Balaban J connectivity index is 2.10. The molecular formula is C23H20O. The van der Waals surface area contributed by atoms with Gasteiger partial charge in [-0.3, -0.25) is 4.79 Å². The van der Waals surface area contributed by atoms with Crippen LogP contribution in [0.1, 0.15) is 34.0 Å². The zero-order valence-corrected chi connectivity index (χ0v) is 14.0. The molecule has 118 valence electrons. The summed E-state index contributed by atoms with van der Waals surface area (Å²) in [5, 5.41) is 0. The van der Waals surface area contributed by atoms with Crippen molar-refractivity contribution in [2.24, 2.45) is 0 Å². The first-order valence-electron chi connectivity index (χ1n) is 8.09. The maximum Gasteiger partial charge on any atom is 0.160 e. The number of carbonyl (C=O) groups is 1. The summed E-state index contributed by atoms with van der Waals surface area (Å²) in [6.07, 6.45) is 4.08. The third-order valence-electron chi connectivity index (χ3n) is 4.08. The van der Waals surface area contributed by atoms with Crippen LogP contribution < -0.4 is 0 Å². The molecule has 0 saturated carbocycles. The topological polar surface area (TPSA) is 17.1 Å². The summed E-state index contributed by atoms with van der Waals surface area (Å²) in [7, 11) is 0. The van der Waals surface area contributed by atoms with Gasteiger partial charge in [0.15, 0.2) is 5.78 Å². The normalized spacial score (nSPS) is 10.9. The first kappa shape index (κ1) is 15.9. The number of carbonyl (C=O) groups excluding carboxylic acids is 1. The van der Waals surface area contributed by atoms with E-state index in [0.717, 1.165) is 33.4 Å². The van der Waals surface area contributed by atoms with Crippen LogP contribution in [0.5, 0.6) is 0 Å². The lowest BCUT2D eigenvalue weighted by molar-refractivity contribution is 0.101. The molecule has 0 aliphatic carbocycles. The summed E-state index contributed by atoms with van der Waals surface area (Å²) in [6, 6.07) is 24.6. The first-order valence-corrected chi connectivity index (χ1v) is 8.09. The van der Waals surface area contributed by atoms with Crippen LogP contribution in [0.2, 0.25) is 0 Å². The van der Waals surface area contributed by atoms with E-state index in [1.54, 1.807) is 6.92 Å². The van der Waals surface area contributed by atoms with Crippen LogP contribution in [0.3, 0.4) is 0 Å². The van der Waals surface area contributed by atoms with Crippen LogP contribution in [0.4, 0.5) is 0 Å². The highest BCUT2D eigenvalue weighted by Crippen LogP contribution is 2.27. The number of ketones is 1. The number of hydrogen-bond donors (Lipinski definition) is 0. The molecule has 0 aliphatic heterocycles. The minimum Gasteiger partial charge on any atom is -0.294 e. The summed E-state index contributed by atoms with van der Waals surface area (Å²) >= 11 is 0. The van der Waals surface area contributed by atoms with Gasteiger partial charge in [-0.15, -0.1) is 0 Å². The Hall–Kier alpha value is -2.93. The standard InChI is InChI=1S/C23H20O/c1-17-15-22(20-11-7-4-8-12-20)16-21(23(17)18(2)24)14-13-19-9-5-3-6-10-19/h3-16H,1-2H3/b14-13+. The van der Waals surface area contributed by atoms with Crippen molar-refractivity contribution < 1.29 is 4.79 Å². The molecule has 3 aromatic carbocycles. The molecule has 0 N–H and O–H groups in total. The molecule has 0 aromatic heterocycles. The van der Waals surface area contributed by atoms with Gasteiger partial charge in [0.05, 0.1) is 0 Å². The van der Waals surface area contributed by atoms with Crippen molar-refractivity contribution in [3.8, 4) is 11.1 Å². The first-order chi connectivity index (χ1) is 11.6. The zero-order valence-electron chi connectivity index (χ0n) is 14.0. The third kappa shape index (κ3) is 3.52. The molecule has 3 rings (SSSR count). The summed E-state index contributed by atoms with van der Waals surface area (Å²) < 4.78 is 0. The zero-order chi connectivity index (χ0) is 16.9. The van der Waals surface area contributed by atoms with Gasteiger partial charge in [-0.05, 0) is 47.7 Å². The highest BCUT2D eigenvalue weighted by atomic mass is 16.1. The third-order valence-corrected chi connectivity index (χ3v) is 4.08. The number of aryl methyl sites for hydroxylation is 1. The van der Waals surface area contributed by atoms with Gasteiger partial charge in [0.2, 0.25) is 0 Å². The van der Waals surface area contributed by atoms with Gasteiger partial charge in [0.1, 0.15) is 0 Å². The lowest BCUT2D eigenvalue weighted by atomic mass is 9.92. The average Bonchev–Trinajstić information content (AvgIpc) is 2.60. The molecule has 0 atom stereocenters. The highest BCUT2D eigenvalue weighted by Gasteiger charge is 2.11. The fourth-order valence-corrected chi connectivity index (χ4v) is 2.97. The van der Waals surface area contributed by atoms with Gasteiger partial charge in [-0.1, -0.05) is 78.9 Å². The molecule has 1 nitrogen and oxygen atoms in total. The van der Waals surface area contributed by atoms with Gasteiger partial charge in [-0.25, -0.2) is 0 Å². The molecule has 0 amide bonds. The molecule has 0 spiro atoms. The van der Waals surface area contributed by atoms with E-state index < -0.39 is 0 Å². The summed E-state index contributed by atoms with van der Waals surface area (Å²) in [4.78, 5) is 12.1. The van der Waals surface area contributed by atoms with Crippen molar-refractivity contribution in [2.45, 2.75) is 13.8 Å². The van der Waals surface area contributed by atoms with Crippen molar-refractivity contribution in [2.75, 3.05) is 0 Å². The molecule has 0 heterocycles. The van der Waals surface area contributed by atoms with E-state index in [4.69, 9.17) is 0 Å². The molecule has 0 aliphatic rings. The van der Waals surface area contributed by atoms with Gasteiger partial charge >= 0.3 is 0 Å². The summed E-state index contributed by atoms with van der Waals surface area (Å²) in [5.74, 6) is 0.0971. The second-order valence-corrected chi connectivity index (χ2v) is 5.92. The highest BCUT2D eigenvalue weighted by molar-refractivity contribution is 6.00. The van der Waals surface area contributed by atoms with E-state index in [9.17, 15) is 4.79 Å². The Bertz CT molecular complexity index is 875. The molecule has 0 radical (unpaired) electrons. The Labute approximate surface area is 143 Å². The molecule has 0 saturated heterocycles. The number of rotatable bonds is 4. The monoisotopic (exact) mass is 312 g/mol. The number of hydrogen-bond acceptors (Lipinski definition) is 1. The van der Waals surface area contributed by atoms with E-state index in [1.165, 1.54) is 0 Å². The molecular weight excluding hydrogens is 292 g/mol.